The Balaban J connectivity index is 0.00000288. The van der Waals surface area contributed by atoms with Crippen LogP contribution in [0.5, 0.6) is 0 Å². The number of carbonyl (C=O) groups is 1. The summed E-state index contributed by atoms with van der Waals surface area (Å²) in [6.45, 7) is 5.86. The lowest BCUT2D eigenvalue weighted by atomic mass is 9.79. The van der Waals surface area contributed by atoms with E-state index in [0.717, 1.165) is 51.2 Å². The van der Waals surface area contributed by atoms with E-state index < -0.39 is 10.0 Å². The first-order valence-corrected chi connectivity index (χ1v) is 9.97. The van der Waals surface area contributed by atoms with Crippen LogP contribution in [0, 0.1) is 5.41 Å². The van der Waals surface area contributed by atoms with Gasteiger partial charge in [-0.05, 0) is 19.8 Å². The summed E-state index contributed by atoms with van der Waals surface area (Å²) >= 11 is 0. The number of hydrogen-bond acceptors (Lipinski definition) is 4. The molecule has 2 aliphatic rings. The number of likely N-dealkylation sites (tertiary alicyclic amines) is 1. The molecule has 0 bridgehead atoms. The van der Waals surface area contributed by atoms with Gasteiger partial charge in [-0.1, -0.05) is 0 Å². The van der Waals surface area contributed by atoms with Gasteiger partial charge in [0.15, 0.2) is 5.96 Å². The molecule has 0 aromatic rings. The van der Waals surface area contributed by atoms with E-state index >= 15 is 0 Å². The Hall–Kier alpha value is -0.620. The lowest BCUT2D eigenvalue weighted by molar-refractivity contribution is -0.119. The van der Waals surface area contributed by atoms with Gasteiger partial charge in [0.1, 0.15) is 0 Å². The van der Waals surface area contributed by atoms with Gasteiger partial charge in [-0.25, -0.2) is 13.1 Å². The average Bonchev–Trinajstić information content (AvgIpc) is 2.82. The zero-order valence-corrected chi connectivity index (χ0v) is 17.4. The summed E-state index contributed by atoms with van der Waals surface area (Å²) in [5, 5.41) is 6.20. The van der Waals surface area contributed by atoms with Crippen LogP contribution in [0.25, 0.3) is 0 Å². The van der Waals surface area contributed by atoms with Crippen molar-refractivity contribution < 1.29 is 13.2 Å². The maximum atomic E-state index is 11.6. The van der Waals surface area contributed by atoms with Crippen molar-refractivity contribution in [2.75, 3.05) is 45.5 Å². The molecule has 2 aliphatic heterocycles. The number of amides is 1. The molecule has 0 aromatic carbocycles. The summed E-state index contributed by atoms with van der Waals surface area (Å²) in [5.41, 5.74) is 0.0104. The molecule has 2 saturated heterocycles. The minimum atomic E-state index is -3.18. The Kier molecular flexibility index (Phi) is 8.20. The van der Waals surface area contributed by atoms with Crippen molar-refractivity contribution >= 4 is 45.9 Å². The molecule has 10 heteroatoms. The number of nitrogens with zero attached hydrogens (tertiary/aromatic N) is 2. The number of piperidine rings is 1. The standard InChI is InChI=1S/C14H27N5O3S.HI/c1-3-15-13(16-6-7-18-23(2,21)22)19-8-4-5-14(11-19)9-12(20)17-10-14;/h18H,3-11H2,1-2H3,(H,15,16)(H,17,20);1H. The van der Waals surface area contributed by atoms with Crippen molar-refractivity contribution in [1.29, 1.82) is 0 Å². The third-order valence-electron chi connectivity index (χ3n) is 4.23. The third-order valence-corrected chi connectivity index (χ3v) is 4.96. The topological polar surface area (TPSA) is 103 Å². The van der Waals surface area contributed by atoms with Gasteiger partial charge in [-0.15, -0.1) is 24.0 Å². The van der Waals surface area contributed by atoms with Crippen molar-refractivity contribution in [3.63, 3.8) is 0 Å². The number of sulfonamides is 1. The molecular formula is C14H28IN5O3S. The molecule has 8 nitrogen and oxygen atoms in total. The molecule has 0 radical (unpaired) electrons. The first-order chi connectivity index (χ1) is 10.8. The van der Waals surface area contributed by atoms with Gasteiger partial charge >= 0.3 is 0 Å². The van der Waals surface area contributed by atoms with E-state index in [1.165, 1.54) is 0 Å². The van der Waals surface area contributed by atoms with Crippen LogP contribution < -0.4 is 15.4 Å². The highest BCUT2D eigenvalue weighted by atomic mass is 127. The van der Waals surface area contributed by atoms with E-state index in [9.17, 15) is 13.2 Å². The molecule has 0 saturated carbocycles. The van der Waals surface area contributed by atoms with E-state index in [-0.39, 0.29) is 41.8 Å². The molecule has 1 atom stereocenters. The molecular weight excluding hydrogens is 445 g/mol. The highest BCUT2D eigenvalue weighted by molar-refractivity contribution is 14.0. The van der Waals surface area contributed by atoms with E-state index in [0.29, 0.717) is 13.0 Å². The number of rotatable bonds is 5. The fraction of sp³-hybridized carbons (Fsp3) is 0.857. The van der Waals surface area contributed by atoms with E-state index in [4.69, 9.17) is 0 Å². The maximum absolute atomic E-state index is 11.6. The summed E-state index contributed by atoms with van der Waals surface area (Å²) in [5.74, 6) is 0.923. The second-order valence-electron chi connectivity index (χ2n) is 6.38. The Bertz CT molecular complexity index is 569. The minimum Gasteiger partial charge on any atom is -0.357 e. The molecule has 1 amide bonds. The summed E-state index contributed by atoms with van der Waals surface area (Å²) < 4.78 is 24.6. The smallest absolute Gasteiger partial charge is 0.220 e. The van der Waals surface area contributed by atoms with Crippen molar-refractivity contribution in [3.05, 3.63) is 0 Å². The second-order valence-corrected chi connectivity index (χ2v) is 8.21. The SMILES string of the molecule is CCNC(=NCCNS(C)(=O)=O)N1CCCC2(CNC(=O)C2)C1.I. The largest absolute Gasteiger partial charge is 0.357 e. The highest BCUT2D eigenvalue weighted by Gasteiger charge is 2.42. The normalized spacial score (nSPS) is 24.7. The van der Waals surface area contributed by atoms with Crippen LogP contribution in [0.1, 0.15) is 26.2 Å². The molecule has 0 aromatic heterocycles. The summed E-state index contributed by atoms with van der Waals surface area (Å²) in [6, 6.07) is 0. The fourth-order valence-electron chi connectivity index (χ4n) is 3.25. The lowest BCUT2D eigenvalue weighted by Crippen LogP contribution is -2.51. The van der Waals surface area contributed by atoms with Gasteiger partial charge in [0.2, 0.25) is 15.9 Å². The molecule has 1 unspecified atom stereocenters. The van der Waals surface area contributed by atoms with Crippen molar-refractivity contribution in [1.82, 2.24) is 20.3 Å². The van der Waals surface area contributed by atoms with E-state index in [1.807, 2.05) is 6.92 Å². The molecule has 3 N–H and O–H groups in total. The Morgan fingerprint density at radius 2 is 2.21 bits per heavy atom. The number of halogens is 1. The van der Waals surface area contributed by atoms with Crippen LogP contribution in [0.15, 0.2) is 4.99 Å². The van der Waals surface area contributed by atoms with Crippen molar-refractivity contribution in [2.24, 2.45) is 10.4 Å². The Labute approximate surface area is 161 Å². The van der Waals surface area contributed by atoms with Gasteiger partial charge < -0.3 is 15.5 Å². The van der Waals surface area contributed by atoms with Crippen molar-refractivity contribution in [2.45, 2.75) is 26.2 Å². The number of nitrogens with one attached hydrogen (secondary N) is 3. The predicted molar refractivity (Wildman–Crippen MR) is 105 cm³/mol. The van der Waals surface area contributed by atoms with Gasteiger partial charge in [0.05, 0.1) is 12.8 Å². The number of hydrogen-bond donors (Lipinski definition) is 3. The minimum absolute atomic E-state index is 0. The molecule has 2 fully saturated rings. The Morgan fingerprint density at radius 1 is 1.46 bits per heavy atom. The third kappa shape index (κ3) is 6.36. The lowest BCUT2D eigenvalue weighted by Gasteiger charge is -2.40. The number of carbonyl (C=O) groups excluding carboxylic acids is 1. The summed E-state index contributed by atoms with van der Waals surface area (Å²) in [6.07, 6.45) is 3.80. The van der Waals surface area contributed by atoms with Gasteiger partial charge in [0.25, 0.3) is 0 Å². The average molecular weight is 473 g/mol. The molecule has 2 heterocycles. The number of aliphatic imine (C=N–C) groups is 1. The van der Waals surface area contributed by atoms with Crippen LogP contribution in [0.3, 0.4) is 0 Å². The summed E-state index contributed by atoms with van der Waals surface area (Å²) in [7, 11) is -3.18. The second kappa shape index (κ2) is 9.18. The molecule has 0 aliphatic carbocycles. The first-order valence-electron chi connectivity index (χ1n) is 8.08. The predicted octanol–water partition coefficient (Wildman–Crippen LogP) is -0.279. The van der Waals surface area contributed by atoms with Gasteiger partial charge in [-0.2, -0.15) is 0 Å². The first kappa shape index (κ1) is 21.4. The molecule has 2 rings (SSSR count). The van der Waals surface area contributed by atoms with Crippen LogP contribution >= 0.6 is 24.0 Å². The molecule has 24 heavy (non-hydrogen) atoms. The van der Waals surface area contributed by atoms with E-state index in [2.05, 4.69) is 25.2 Å². The highest BCUT2D eigenvalue weighted by Crippen LogP contribution is 2.35. The van der Waals surface area contributed by atoms with Crippen LogP contribution in [-0.2, 0) is 14.8 Å². The monoisotopic (exact) mass is 473 g/mol. The van der Waals surface area contributed by atoms with Crippen LogP contribution in [-0.4, -0.2) is 70.7 Å². The molecule has 140 valence electrons. The van der Waals surface area contributed by atoms with E-state index in [1.54, 1.807) is 0 Å². The van der Waals surface area contributed by atoms with Crippen LogP contribution in [0.2, 0.25) is 0 Å². The zero-order chi connectivity index (χ0) is 16.9. The van der Waals surface area contributed by atoms with Crippen LogP contribution in [0.4, 0.5) is 0 Å². The summed E-state index contributed by atoms with van der Waals surface area (Å²) in [4.78, 5) is 18.3. The zero-order valence-electron chi connectivity index (χ0n) is 14.3. The number of guanidine groups is 1. The van der Waals surface area contributed by atoms with Gasteiger partial charge in [0, 0.05) is 44.6 Å². The van der Waals surface area contributed by atoms with Gasteiger partial charge in [-0.3, -0.25) is 9.79 Å². The Morgan fingerprint density at radius 3 is 2.79 bits per heavy atom. The quantitative estimate of drug-likeness (QED) is 0.221. The maximum Gasteiger partial charge on any atom is 0.220 e. The van der Waals surface area contributed by atoms with Crippen molar-refractivity contribution in [3.8, 4) is 0 Å². The fourth-order valence-corrected chi connectivity index (χ4v) is 3.71. The molecule has 1 spiro atoms.